The van der Waals surface area contributed by atoms with Crippen LogP contribution in [0.1, 0.15) is 50.2 Å². The summed E-state index contributed by atoms with van der Waals surface area (Å²) in [6.45, 7) is 6.41. The molecule has 0 spiro atoms. The molecule has 0 heterocycles. The molecule has 0 N–H and O–H groups in total. The van der Waals surface area contributed by atoms with E-state index in [4.69, 9.17) is 0 Å². The number of rotatable bonds is 1. The molecule has 1 aromatic carbocycles. The van der Waals surface area contributed by atoms with Crippen LogP contribution in [0.2, 0.25) is 0 Å². The first-order chi connectivity index (χ1) is 6.27. The fourth-order valence-electron chi connectivity index (χ4n) is 1.34. The van der Waals surface area contributed by atoms with Gasteiger partial charge in [0.1, 0.15) is 0 Å². The normalized spacial score (nSPS) is 14.7. The average Bonchev–Trinajstić information content (AvgIpc) is 2.87. The molecule has 0 nitrogen and oxygen atoms in total. The van der Waals surface area contributed by atoms with Gasteiger partial charge in [-0.1, -0.05) is 50.1 Å². The molecule has 0 atom stereocenters. The van der Waals surface area contributed by atoms with E-state index >= 15 is 0 Å². The summed E-state index contributed by atoms with van der Waals surface area (Å²) in [5.41, 5.74) is 2.93. The summed E-state index contributed by atoms with van der Waals surface area (Å²) in [4.78, 5) is 0. The lowest BCUT2D eigenvalue weighted by molar-refractivity contribution is 1.09. The maximum atomic E-state index is 2.30. The van der Waals surface area contributed by atoms with Gasteiger partial charge in [0.2, 0.25) is 0 Å². The van der Waals surface area contributed by atoms with Crippen molar-refractivity contribution in [3.63, 3.8) is 0 Å². The molecular weight excluding hydrogens is 156 g/mol. The Morgan fingerprint density at radius 3 is 2.31 bits per heavy atom. The summed E-state index contributed by atoms with van der Waals surface area (Å²) < 4.78 is 0. The molecule has 0 bridgehead atoms. The van der Waals surface area contributed by atoms with Crippen LogP contribution < -0.4 is 0 Å². The van der Waals surface area contributed by atoms with Crippen molar-refractivity contribution < 1.29 is 0 Å². The Bertz CT molecular complexity index is 246. The van der Waals surface area contributed by atoms with Gasteiger partial charge in [0.05, 0.1) is 0 Å². The van der Waals surface area contributed by atoms with E-state index in [2.05, 4.69) is 45.0 Å². The Hall–Kier alpha value is -0.780. The summed E-state index contributed by atoms with van der Waals surface area (Å²) >= 11 is 0. The average molecular weight is 176 g/mol. The van der Waals surface area contributed by atoms with Crippen LogP contribution in [0.3, 0.4) is 0 Å². The maximum Gasteiger partial charge on any atom is -0.0161 e. The van der Waals surface area contributed by atoms with E-state index in [0.717, 1.165) is 5.92 Å². The van der Waals surface area contributed by atoms with Crippen molar-refractivity contribution >= 4 is 0 Å². The molecule has 0 unspecified atom stereocenters. The van der Waals surface area contributed by atoms with Crippen molar-refractivity contribution in [2.75, 3.05) is 0 Å². The Morgan fingerprint density at radius 1 is 1.23 bits per heavy atom. The molecule has 0 heteroatoms. The molecule has 1 saturated carbocycles. The molecule has 1 aliphatic rings. The summed E-state index contributed by atoms with van der Waals surface area (Å²) in [6, 6.07) is 8.86. The van der Waals surface area contributed by atoms with Crippen LogP contribution >= 0.6 is 0 Å². The first-order valence-corrected chi connectivity index (χ1v) is 5.34. The first kappa shape index (κ1) is 10.3. The van der Waals surface area contributed by atoms with E-state index in [1.807, 2.05) is 0 Å². The Morgan fingerprint density at radius 2 is 1.85 bits per heavy atom. The highest BCUT2D eigenvalue weighted by Crippen LogP contribution is 2.39. The fourth-order valence-corrected chi connectivity index (χ4v) is 1.34. The van der Waals surface area contributed by atoms with E-state index in [-0.39, 0.29) is 0 Å². The third-order valence-electron chi connectivity index (χ3n) is 2.09. The largest absolute Gasteiger partial charge is 0.0656 e. The zero-order valence-corrected chi connectivity index (χ0v) is 9.01. The number of hydrogen-bond donors (Lipinski definition) is 0. The highest BCUT2D eigenvalue weighted by atomic mass is 14.3. The second-order valence-electron chi connectivity index (χ2n) is 3.90. The highest BCUT2D eigenvalue weighted by Gasteiger charge is 2.22. The monoisotopic (exact) mass is 176 g/mol. The third-order valence-corrected chi connectivity index (χ3v) is 2.09. The van der Waals surface area contributed by atoms with Crippen LogP contribution in [0.15, 0.2) is 24.3 Å². The molecule has 1 aromatic rings. The standard InChI is InChI=1S/C10H12.C3H8/c1-8-3-2-4-10(7-8)9-5-6-9;1-3-2/h2-4,7,9H,5-6H2,1H3;3H2,1-2H3. The molecule has 1 aliphatic carbocycles. The maximum absolute atomic E-state index is 2.30. The first-order valence-electron chi connectivity index (χ1n) is 5.34. The SMILES string of the molecule is CCC.Cc1cccc(C2CC2)c1. The van der Waals surface area contributed by atoms with Gasteiger partial charge in [-0.3, -0.25) is 0 Å². The van der Waals surface area contributed by atoms with Crippen LogP contribution in [-0.2, 0) is 0 Å². The van der Waals surface area contributed by atoms with Gasteiger partial charge >= 0.3 is 0 Å². The number of aryl methyl sites for hydroxylation is 1. The van der Waals surface area contributed by atoms with Crippen LogP contribution in [0.4, 0.5) is 0 Å². The highest BCUT2D eigenvalue weighted by molar-refractivity contribution is 5.28. The second kappa shape index (κ2) is 5.06. The van der Waals surface area contributed by atoms with E-state index in [9.17, 15) is 0 Å². The molecule has 2 rings (SSSR count). The Labute approximate surface area is 82.0 Å². The van der Waals surface area contributed by atoms with Crippen LogP contribution in [0.25, 0.3) is 0 Å². The summed E-state index contributed by atoms with van der Waals surface area (Å²) in [5.74, 6) is 0.903. The van der Waals surface area contributed by atoms with Crippen molar-refractivity contribution in [2.45, 2.75) is 46.0 Å². The van der Waals surface area contributed by atoms with E-state index in [0.29, 0.717) is 0 Å². The Kier molecular flexibility index (Phi) is 4.01. The van der Waals surface area contributed by atoms with Gasteiger partial charge in [-0.15, -0.1) is 0 Å². The van der Waals surface area contributed by atoms with Gasteiger partial charge in [-0.05, 0) is 31.2 Å². The van der Waals surface area contributed by atoms with E-state index in [1.54, 1.807) is 5.56 Å². The second-order valence-corrected chi connectivity index (χ2v) is 3.90. The van der Waals surface area contributed by atoms with Gasteiger partial charge in [0.15, 0.2) is 0 Å². The smallest absolute Gasteiger partial charge is 0.0161 e. The molecule has 1 fully saturated rings. The minimum Gasteiger partial charge on any atom is -0.0656 e. The van der Waals surface area contributed by atoms with Gasteiger partial charge < -0.3 is 0 Å². The predicted octanol–water partition coefficient (Wildman–Crippen LogP) is 4.29. The minimum absolute atomic E-state index is 0.903. The third kappa shape index (κ3) is 3.63. The number of benzene rings is 1. The quantitative estimate of drug-likeness (QED) is 0.599. The molecule has 13 heavy (non-hydrogen) atoms. The van der Waals surface area contributed by atoms with E-state index < -0.39 is 0 Å². The summed E-state index contributed by atoms with van der Waals surface area (Å²) in [7, 11) is 0. The predicted molar refractivity (Wildman–Crippen MR) is 59.1 cm³/mol. The van der Waals surface area contributed by atoms with Crippen LogP contribution in [0, 0.1) is 6.92 Å². The molecule has 0 saturated heterocycles. The fraction of sp³-hybridized carbons (Fsp3) is 0.538. The molecule has 72 valence electrons. The van der Waals surface area contributed by atoms with Crippen molar-refractivity contribution in [3.8, 4) is 0 Å². The lowest BCUT2D eigenvalue weighted by Crippen LogP contribution is -1.78. The number of hydrogen-bond acceptors (Lipinski definition) is 0. The van der Waals surface area contributed by atoms with Crippen molar-refractivity contribution in [1.82, 2.24) is 0 Å². The lowest BCUT2D eigenvalue weighted by atomic mass is 10.1. The topological polar surface area (TPSA) is 0 Å². The van der Waals surface area contributed by atoms with Crippen LogP contribution in [-0.4, -0.2) is 0 Å². The molecule has 0 aliphatic heterocycles. The minimum atomic E-state index is 0.903. The van der Waals surface area contributed by atoms with Gasteiger partial charge in [-0.25, -0.2) is 0 Å². The molecule has 0 amide bonds. The van der Waals surface area contributed by atoms with Crippen molar-refractivity contribution in [3.05, 3.63) is 35.4 Å². The Balaban J connectivity index is 0.000000251. The van der Waals surface area contributed by atoms with Gasteiger partial charge in [0, 0.05) is 0 Å². The van der Waals surface area contributed by atoms with Gasteiger partial charge in [-0.2, -0.15) is 0 Å². The van der Waals surface area contributed by atoms with E-state index in [1.165, 1.54) is 24.8 Å². The summed E-state index contributed by atoms with van der Waals surface area (Å²) in [6.07, 6.45) is 4.06. The molecule has 0 aromatic heterocycles. The molecular formula is C13H20. The lowest BCUT2D eigenvalue weighted by Gasteiger charge is -1.97. The zero-order valence-electron chi connectivity index (χ0n) is 9.01. The van der Waals surface area contributed by atoms with Crippen molar-refractivity contribution in [1.29, 1.82) is 0 Å². The molecule has 0 radical (unpaired) electrons. The summed E-state index contributed by atoms with van der Waals surface area (Å²) in [5, 5.41) is 0. The van der Waals surface area contributed by atoms with Crippen LogP contribution in [0.5, 0.6) is 0 Å². The zero-order chi connectivity index (χ0) is 9.68. The van der Waals surface area contributed by atoms with Gasteiger partial charge in [0.25, 0.3) is 0 Å². The van der Waals surface area contributed by atoms with Crippen molar-refractivity contribution in [2.24, 2.45) is 0 Å².